The molecule has 26 heavy (non-hydrogen) atoms. The summed E-state index contributed by atoms with van der Waals surface area (Å²) >= 11 is 0. The van der Waals surface area contributed by atoms with Crippen molar-refractivity contribution in [2.75, 3.05) is 0 Å². The Bertz CT molecular complexity index is 888. The Hall–Kier alpha value is -2.98. The zero-order valence-corrected chi connectivity index (χ0v) is 12.7. The quantitative estimate of drug-likeness (QED) is 0.709. The maximum Gasteiger partial charge on any atom is 0.418 e. The number of rotatable bonds is 3. The lowest BCUT2D eigenvalue weighted by Gasteiger charge is -2.19. The highest BCUT2D eigenvalue weighted by molar-refractivity contribution is 5.41. The first kappa shape index (κ1) is 17.8. The first-order valence-corrected chi connectivity index (χ1v) is 7.10. The SMILES string of the molecule is FC(F)(F)c1cccc([C@H](c2nn[nH]n2)c2ncccc2C(F)(F)F)c1. The van der Waals surface area contributed by atoms with E-state index in [0.29, 0.717) is 0 Å². The van der Waals surface area contributed by atoms with E-state index in [9.17, 15) is 26.3 Å². The molecule has 136 valence electrons. The molecule has 1 aromatic carbocycles. The maximum atomic E-state index is 13.4. The van der Waals surface area contributed by atoms with Gasteiger partial charge >= 0.3 is 12.4 Å². The molecule has 0 saturated carbocycles. The van der Waals surface area contributed by atoms with E-state index >= 15 is 0 Å². The Kier molecular flexibility index (Phi) is 4.38. The molecule has 2 heterocycles. The van der Waals surface area contributed by atoms with E-state index in [1.807, 2.05) is 0 Å². The zero-order chi connectivity index (χ0) is 18.9. The summed E-state index contributed by atoms with van der Waals surface area (Å²) in [4.78, 5) is 3.75. The van der Waals surface area contributed by atoms with Crippen molar-refractivity contribution >= 4 is 0 Å². The summed E-state index contributed by atoms with van der Waals surface area (Å²) in [5.41, 5.74) is -2.70. The van der Waals surface area contributed by atoms with Crippen LogP contribution in [-0.2, 0) is 12.4 Å². The molecule has 1 N–H and O–H groups in total. The Morgan fingerprint density at radius 3 is 2.31 bits per heavy atom. The van der Waals surface area contributed by atoms with E-state index in [2.05, 4.69) is 25.6 Å². The molecule has 3 rings (SSSR count). The zero-order valence-electron chi connectivity index (χ0n) is 12.7. The molecule has 3 aromatic rings. The highest BCUT2D eigenvalue weighted by Gasteiger charge is 2.39. The third-order valence-corrected chi connectivity index (χ3v) is 3.58. The standard InChI is InChI=1S/C15H9F6N5/c16-14(17,18)9-4-1-3-8(7-9)11(13-23-25-26-24-13)12-10(15(19,20)21)5-2-6-22-12/h1-7,11H,(H,23,24,25,26)/t11-/m0/s1. The minimum Gasteiger partial charge on any atom is -0.260 e. The molecule has 0 fully saturated rings. The van der Waals surface area contributed by atoms with Crippen LogP contribution < -0.4 is 0 Å². The number of nitrogens with zero attached hydrogens (tertiary/aromatic N) is 4. The lowest BCUT2D eigenvalue weighted by molar-refractivity contribution is -0.139. The Morgan fingerprint density at radius 1 is 0.923 bits per heavy atom. The van der Waals surface area contributed by atoms with Gasteiger partial charge in [-0.05, 0) is 23.8 Å². The summed E-state index contributed by atoms with van der Waals surface area (Å²) in [6, 6.07) is 5.80. The van der Waals surface area contributed by atoms with Gasteiger partial charge in [0.25, 0.3) is 0 Å². The number of pyridine rings is 1. The van der Waals surface area contributed by atoms with E-state index in [4.69, 9.17) is 0 Å². The summed E-state index contributed by atoms with van der Waals surface area (Å²) in [5.74, 6) is -1.61. The fourth-order valence-corrected chi connectivity index (χ4v) is 2.50. The number of halogens is 6. The monoisotopic (exact) mass is 373 g/mol. The number of aromatic amines is 1. The van der Waals surface area contributed by atoms with Crippen LogP contribution in [0.4, 0.5) is 26.3 Å². The van der Waals surface area contributed by atoms with Crippen LogP contribution in [0.2, 0.25) is 0 Å². The van der Waals surface area contributed by atoms with Gasteiger partial charge in [0.15, 0.2) is 5.82 Å². The topological polar surface area (TPSA) is 67.3 Å². The minimum absolute atomic E-state index is 0.0922. The maximum absolute atomic E-state index is 13.4. The molecular weight excluding hydrogens is 364 g/mol. The predicted octanol–water partition coefficient (Wildman–Crippen LogP) is 3.81. The fourth-order valence-electron chi connectivity index (χ4n) is 2.50. The van der Waals surface area contributed by atoms with Crippen molar-refractivity contribution in [2.45, 2.75) is 18.3 Å². The molecule has 11 heteroatoms. The number of nitrogens with one attached hydrogen (secondary N) is 1. The number of aromatic nitrogens is 5. The van der Waals surface area contributed by atoms with Crippen LogP contribution in [0.5, 0.6) is 0 Å². The molecular formula is C15H9F6N5. The van der Waals surface area contributed by atoms with Gasteiger partial charge in [0.05, 0.1) is 22.7 Å². The van der Waals surface area contributed by atoms with Crippen molar-refractivity contribution in [1.82, 2.24) is 25.6 Å². The average Bonchev–Trinajstić information content (AvgIpc) is 3.08. The third kappa shape index (κ3) is 3.51. The second kappa shape index (κ2) is 6.39. The van der Waals surface area contributed by atoms with Gasteiger partial charge in [0.2, 0.25) is 0 Å². The molecule has 0 saturated heterocycles. The van der Waals surface area contributed by atoms with E-state index in [-0.39, 0.29) is 11.4 Å². The highest BCUT2D eigenvalue weighted by atomic mass is 19.4. The first-order valence-electron chi connectivity index (χ1n) is 7.10. The molecule has 0 radical (unpaired) electrons. The lowest BCUT2D eigenvalue weighted by Crippen LogP contribution is -2.17. The molecule has 2 aromatic heterocycles. The number of tetrazole rings is 1. The van der Waals surface area contributed by atoms with E-state index in [1.54, 1.807) is 0 Å². The van der Waals surface area contributed by atoms with Crippen LogP contribution in [0.3, 0.4) is 0 Å². The number of hydrogen-bond donors (Lipinski definition) is 1. The molecule has 0 aliphatic rings. The molecule has 0 spiro atoms. The predicted molar refractivity (Wildman–Crippen MR) is 75.8 cm³/mol. The fraction of sp³-hybridized carbons (Fsp3) is 0.200. The van der Waals surface area contributed by atoms with Crippen molar-refractivity contribution in [1.29, 1.82) is 0 Å². The molecule has 0 aliphatic heterocycles. The normalized spacial score (nSPS) is 13.6. The number of hydrogen-bond acceptors (Lipinski definition) is 4. The Balaban J connectivity index is 2.22. The van der Waals surface area contributed by atoms with Crippen molar-refractivity contribution in [3.05, 3.63) is 70.8 Å². The first-order chi connectivity index (χ1) is 12.2. The molecule has 0 unspecified atom stereocenters. The van der Waals surface area contributed by atoms with Crippen molar-refractivity contribution in [3.8, 4) is 0 Å². The number of H-pyrrole nitrogens is 1. The number of benzene rings is 1. The smallest absolute Gasteiger partial charge is 0.260 e. The number of alkyl halides is 6. The molecule has 0 bridgehead atoms. The molecule has 0 amide bonds. The summed E-state index contributed by atoms with van der Waals surface area (Å²) in [6.45, 7) is 0. The van der Waals surface area contributed by atoms with Gasteiger partial charge in [0.1, 0.15) is 0 Å². The van der Waals surface area contributed by atoms with Gasteiger partial charge in [-0.2, -0.15) is 31.6 Å². The summed E-state index contributed by atoms with van der Waals surface area (Å²) in [6.07, 6.45) is -8.30. The van der Waals surface area contributed by atoms with Crippen LogP contribution in [0.1, 0.15) is 34.1 Å². The van der Waals surface area contributed by atoms with Crippen LogP contribution in [0.25, 0.3) is 0 Å². The van der Waals surface area contributed by atoms with Crippen molar-refractivity contribution in [2.24, 2.45) is 0 Å². The van der Waals surface area contributed by atoms with E-state index in [0.717, 1.165) is 36.5 Å². The van der Waals surface area contributed by atoms with Gasteiger partial charge in [0, 0.05) is 6.20 Å². The van der Waals surface area contributed by atoms with Crippen LogP contribution in [0, 0.1) is 0 Å². The van der Waals surface area contributed by atoms with Gasteiger partial charge in [-0.15, -0.1) is 10.2 Å². The van der Waals surface area contributed by atoms with Gasteiger partial charge in [-0.25, -0.2) is 0 Å². The second-order valence-electron chi connectivity index (χ2n) is 5.26. The summed E-state index contributed by atoms with van der Waals surface area (Å²) in [7, 11) is 0. The van der Waals surface area contributed by atoms with Crippen LogP contribution in [-0.4, -0.2) is 25.6 Å². The Morgan fingerprint density at radius 2 is 1.69 bits per heavy atom. The largest absolute Gasteiger partial charge is 0.418 e. The van der Waals surface area contributed by atoms with Gasteiger partial charge in [-0.3, -0.25) is 4.98 Å². The van der Waals surface area contributed by atoms with Crippen molar-refractivity contribution < 1.29 is 26.3 Å². The molecule has 1 atom stereocenters. The minimum atomic E-state index is -4.76. The third-order valence-electron chi connectivity index (χ3n) is 3.58. The molecule has 0 aliphatic carbocycles. The van der Waals surface area contributed by atoms with Crippen LogP contribution in [0.15, 0.2) is 42.6 Å². The van der Waals surface area contributed by atoms with Crippen molar-refractivity contribution in [3.63, 3.8) is 0 Å². The van der Waals surface area contributed by atoms with E-state index < -0.39 is 35.1 Å². The summed E-state index contributed by atoms with van der Waals surface area (Å²) < 4.78 is 79.0. The highest BCUT2D eigenvalue weighted by Crippen LogP contribution is 2.39. The van der Waals surface area contributed by atoms with Gasteiger partial charge in [-0.1, -0.05) is 23.4 Å². The average molecular weight is 373 g/mol. The lowest BCUT2D eigenvalue weighted by atomic mass is 9.90. The van der Waals surface area contributed by atoms with Gasteiger partial charge < -0.3 is 0 Å². The second-order valence-corrected chi connectivity index (χ2v) is 5.26. The Labute approximate surface area is 142 Å². The molecule has 5 nitrogen and oxygen atoms in total. The summed E-state index contributed by atoms with van der Waals surface area (Å²) in [5, 5.41) is 12.7. The van der Waals surface area contributed by atoms with E-state index in [1.165, 1.54) is 6.07 Å². The van der Waals surface area contributed by atoms with Crippen LogP contribution >= 0.6 is 0 Å².